The topological polar surface area (TPSA) is 35.5 Å². The quantitative estimate of drug-likeness (QED) is 0.719. The Kier molecular flexibility index (Phi) is 6.49. The number of hydrogen-bond acceptors (Lipinski definition) is 3. The number of aliphatic hydroxyl groups is 1. The molecule has 1 fully saturated rings. The van der Waals surface area contributed by atoms with Crippen LogP contribution in [0.2, 0.25) is 0 Å². The molecule has 0 heterocycles. The largest absolute Gasteiger partial charge is 0.394 e. The molecule has 0 aromatic rings. The second-order valence-electron chi connectivity index (χ2n) is 7.58. The molecule has 0 amide bonds. The Morgan fingerprint density at radius 3 is 2.55 bits per heavy atom. The Morgan fingerprint density at radius 2 is 2.05 bits per heavy atom. The Balaban J connectivity index is 2.61. The van der Waals surface area contributed by atoms with Gasteiger partial charge in [-0.25, -0.2) is 0 Å². The van der Waals surface area contributed by atoms with Crippen LogP contribution in [0.4, 0.5) is 0 Å². The summed E-state index contributed by atoms with van der Waals surface area (Å²) in [7, 11) is 2.23. The van der Waals surface area contributed by atoms with Gasteiger partial charge < -0.3 is 15.3 Å². The van der Waals surface area contributed by atoms with E-state index < -0.39 is 0 Å². The second-order valence-corrected chi connectivity index (χ2v) is 7.58. The molecule has 2 unspecified atom stereocenters. The van der Waals surface area contributed by atoms with Crippen molar-refractivity contribution in [1.29, 1.82) is 0 Å². The fraction of sp³-hybridized carbons (Fsp3) is 1.00. The predicted octanol–water partition coefficient (Wildman–Crippen LogP) is 3.03. The maximum Gasteiger partial charge on any atom is 0.0616 e. The molecular formula is C17H36N2O. The number of hydrogen-bond donors (Lipinski definition) is 2. The third kappa shape index (κ3) is 4.19. The van der Waals surface area contributed by atoms with Crippen molar-refractivity contribution < 1.29 is 5.11 Å². The van der Waals surface area contributed by atoms with Crippen LogP contribution in [-0.4, -0.2) is 47.3 Å². The molecule has 0 aromatic carbocycles. The highest BCUT2D eigenvalue weighted by Gasteiger charge is 2.42. The number of nitrogens with zero attached hydrogens (tertiary/aromatic N) is 1. The Labute approximate surface area is 126 Å². The van der Waals surface area contributed by atoms with Crippen LogP contribution in [0.25, 0.3) is 0 Å². The standard InChI is InChI=1S/C17H36N2O/c1-7-16(4,5)19(6)12-10-15-9-8-11-17(15,13-20)18-14(2)3/h14-15,18,20H,7-13H2,1-6H3. The molecule has 3 heteroatoms. The summed E-state index contributed by atoms with van der Waals surface area (Å²) in [6, 6.07) is 0.438. The van der Waals surface area contributed by atoms with E-state index in [1.165, 1.54) is 25.7 Å². The summed E-state index contributed by atoms with van der Waals surface area (Å²) in [5.74, 6) is 0.602. The average molecular weight is 284 g/mol. The number of aliphatic hydroxyl groups excluding tert-OH is 1. The SMILES string of the molecule is CCC(C)(C)N(C)CCC1CCCC1(CO)NC(C)C. The van der Waals surface area contributed by atoms with E-state index in [0.717, 1.165) is 13.0 Å². The average Bonchev–Trinajstić information content (AvgIpc) is 2.78. The Bertz CT molecular complexity index is 291. The van der Waals surface area contributed by atoms with E-state index in [0.29, 0.717) is 12.0 Å². The van der Waals surface area contributed by atoms with Gasteiger partial charge in [-0.2, -0.15) is 0 Å². The summed E-state index contributed by atoms with van der Waals surface area (Å²) in [5, 5.41) is 13.6. The first kappa shape index (κ1) is 17.9. The van der Waals surface area contributed by atoms with Crippen LogP contribution < -0.4 is 5.32 Å². The minimum atomic E-state index is -0.0363. The maximum atomic E-state index is 9.93. The lowest BCUT2D eigenvalue weighted by atomic mass is 9.84. The molecule has 0 aromatic heterocycles. The van der Waals surface area contributed by atoms with Crippen LogP contribution in [0.15, 0.2) is 0 Å². The van der Waals surface area contributed by atoms with Gasteiger partial charge in [0.05, 0.1) is 6.61 Å². The van der Waals surface area contributed by atoms with E-state index in [1.54, 1.807) is 0 Å². The molecular weight excluding hydrogens is 248 g/mol. The minimum Gasteiger partial charge on any atom is -0.394 e. The zero-order chi connectivity index (χ0) is 15.4. The van der Waals surface area contributed by atoms with E-state index in [-0.39, 0.29) is 17.7 Å². The van der Waals surface area contributed by atoms with Crippen LogP contribution in [0.1, 0.15) is 66.7 Å². The molecule has 3 nitrogen and oxygen atoms in total. The molecule has 1 aliphatic carbocycles. The lowest BCUT2D eigenvalue weighted by Crippen LogP contribution is -2.54. The van der Waals surface area contributed by atoms with Gasteiger partial charge >= 0.3 is 0 Å². The number of rotatable bonds is 8. The monoisotopic (exact) mass is 284 g/mol. The van der Waals surface area contributed by atoms with Crippen molar-refractivity contribution in [3.05, 3.63) is 0 Å². The van der Waals surface area contributed by atoms with Gasteiger partial charge in [-0.3, -0.25) is 0 Å². The second kappa shape index (κ2) is 7.24. The van der Waals surface area contributed by atoms with Gasteiger partial charge in [0.25, 0.3) is 0 Å². The van der Waals surface area contributed by atoms with Gasteiger partial charge in [0.15, 0.2) is 0 Å². The highest BCUT2D eigenvalue weighted by molar-refractivity contribution is 5.00. The zero-order valence-corrected chi connectivity index (χ0v) is 14.5. The molecule has 0 aliphatic heterocycles. The first-order chi connectivity index (χ1) is 9.27. The summed E-state index contributed by atoms with van der Waals surface area (Å²) >= 11 is 0. The Morgan fingerprint density at radius 1 is 1.40 bits per heavy atom. The predicted molar refractivity (Wildman–Crippen MR) is 87.0 cm³/mol. The highest BCUT2D eigenvalue weighted by Crippen LogP contribution is 2.38. The summed E-state index contributed by atoms with van der Waals surface area (Å²) in [6.45, 7) is 12.6. The van der Waals surface area contributed by atoms with Crippen molar-refractivity contribution in [2.75, 3.05) is 20.2 Å². The van der Waals surface area contributed by atoms with Crippen molar-refractivity contribution >= 4 is 0 Å². The van der Waals surface area contributed by atoms with Crippen LogP contribution >= 0.6 is 0 Å². The normalized spacial score (nSPS) is 27.8. The summed E-state index contributed by atoms with van der Waals surface area (Å²) in [5.41, 5.74) is 0.233. The molecule has 20 heavy (non-hydrogen) atoms. The van der Waals surface area contributed by atoms with Gasteiger partial charge in [-0.15, -0.1) is 0 Å². The highest BCUT2D eigenvalue weighted by atomic mass is 16.3. The molecule has 0 radical (unpaired) electrons. The van der Waals surface area contributed by atoms with Crippen molar-refractivity contribution in [3.63, 3.8) is 0 Å². The van der Waals surface area contributed by atoms with Crippen molar-refractivity contribution in [1.82, 2.24) is 10.2 Å². The van der Waals surface area contributed by atoms with E-state index in [9.17, 15) is 5.11 Å². The molecule has 1 aliphatic rings. The van der Waals surface area contributed by atoms with Crippen molar-refractivity contribution in [2.45, 2.75) is 83.8 Å². The molecule has 0 saturated heterocycles. The first-order valence-corrected chi connectivity index (χ1v) is 8.37. The van der Waals surface area contributed by atoms with Gasteiger partial charge in [0.1, 0.15) is 0 Å². The molecule has 0 bridgehead atoms. The molecule has 1 saturated carbocycles. The third-order valence-electron chi connectivity index (χ3n) is 5.53. The lowest BCUT2D eigenvalue weighted by Gasteiger charge is -2.40. The van der Waals surface area contributed by atoms with Gasteiger partial charge in [0.2, 0.25) is 0 Å². The maximum absolute atomic E-state index is 9.93. The third-order valence-corrected chi connectivity index (χ3v) is 5.53. The molecule has 1 rings (SSSR count). The van der Waals surface area contributed by atoms with Crippen LogP contribution in [-0.2, 0) is 0 Å². The molecule has 120 valence electrons. The first-order valence-electron chi connectivity index (χ1n) is 8.37. The fourth-order valence-corrected chi connectivity index (χ4v) is 3.51. The molecule has 0 spiro atoms. The van der Waals surface area contributed by atoms with Crippen molar-refractivity contribution in [2.24, 2.45) is 5.92 Å². The van der Waals surface area contributed by atoms with E-state index in [2.05, 4.69) is 51.9 Å². The zero-order valence-electron chi connectivity index (χ0n) is 14.5. The van der Waals surface area contributed by atoms with E-state index in [4.69, 9.17) is 0 Å². The van der Waals surface area contributed by atoms with E-state index >= 15 is 0 Å². The Hall–Kier alpha value is -0.120. The van der Waals surface area contributed by atoms with Gasteiger partial charge in [0, 0.05) is 17.1 Å². The summed E-state index contributed by atoms with van der Waals surface area (Å²) < 4.78 is 0. The smallest absolute Gasteiger partial charge is 0.0616 e. The molecule has 2 atom stereocenters. The molecule has 2 N–H and O–H groups in total. The lowest BCUT2D eigenvalue weighted by molar-refractivity contribution is 0.0895. The van der Waals surface area contributed by atoms with Crippen molar-refractivity contribution in [3.8, 4) is 0 Å². The fourth-order valence-electron chi connectivity index (χ4n) is 3.51. The summed E-state index contributed by atoms with van der Waals surface area (Å²) in [6.07, 6.45) is 5.96. The number of nitrogens with one attached hydrogen (secondary N) is 1. The van der Waals surface area contributed by atoms with Gasteiger partial charge in [-0.05, 0) is 59.0 Å². The van der Waals surface area contributed by atoms with Crippen LogP contribution in [0.5, 0.6) is 0 Å². The van der Waals surface area contributed by atoms with E-state index in [1.807, 2.05) is 0 Å². The van der Waals surface area contributed by atoms with Crippen LogP contribution in [0.3, 0.4) is 0 Å². The summed E-state index contributed by atoms with van der Waals surface area (Å²) in [4.78, 5) is 2.48. The van der Waals surface area contributed by atoms with Gasteiger partial charge in [-0.1, -0.05) is 27.2 Å². The van der Waals surface area contributed by atoms with Crippen LogP contribution in [0, 0.1) is 5.92 Å². The minimum absolute atomic E-state index is 0.0363.